The Hall–Kier alpha value is -2.05. The van der Waals surface area contributed by atoms with Gasteiger partial charge in [0.15, 0.2) is 0 Å². The van der Waals surface area contributed by atoms with Crippen molar-refractivity contribution in [1.29, 1.82) is 0 Å². The van der Waals surface area contributed by atoms with E-state index in [4.69, 9.17) is 4.55 Å². The standard InChI is InChI=1S/C11H16N2.C7H8O3S/c1-3-12-9-13(4-2)11-8-6-5-7-10(11)12;1-6-2-4-7(5-3-6)11(8,9)10/h5-8H,3-4,9H2,1-2H3;2-5H,1H3,(H,8,9,10). The SMILES string of the molecule is CCN1CN(CC)c2ccccc21.Cc1ccc(S(=O)(=O)O)cc1. The number of anilines is 2. The lowest BCUT2D eigenvalue weighted by molar-refractivity contribution is 0.483. The van der Waals surface area contributed by atoms with Gasteiger partial charge in [-0.15, -0.1) is 0 Å². The summed E-state index contributed by atoms with van der Waals surface area (Å²) in [6.45, 7) is 9.48. The molecule has 0 radical (unpaired) electrons. The third-order valence-electron chi connectivity index (χ3n) is 3.99. The van der Waals surface area contributed by atoms with Crippen molar-refractivity contribution in [2.45, 2.75) is 25.7 Å². The molecule has 0 aliphatic carbocycles. The maximum absolute atomic E-state index is 10.5. The molecule has 0 bridgehead atoms. The highest BCUT2D eigenvalue weighted by Crippen LogP contribution is 2.34. The van der Waals surface area contributed by atoms with Crippen LogP contribution in [0, 0.1) is 6.92 Å². The molecule has 0 saturated heterocycles. The van der Waals surface area contributed by atoms with Gasteiger partial charge in [-0.2, -0.15) is 8.42 Å². The largest absolute Gasteiger partial charge is 0.352 e. The van der Waals surface area contributed by atoms with E-state index in [1.807, 2.05) is 6.92 Å². The van der Waals surface area contributed by atoms with Crippen molar-refractivity contribution in [3.8, 4) is 0 Å². The van der Waals surface area contributed by atoms with Crippen LogP contribution in [0.25, 0.3) is 0 Å². The molecule has 0 aromatic heterocycles. The predicted molar refractivity (Wildman–Crippen MR) is 98.3 cm³/mol. The van der Waals surface area contributed by atoms with Crippen molar-refractivity contribution in [2.75, 3.05) is 29.6 Å². The van der Waals surface area contributed by atoms with Crippen LogP contribution in [0.15, 0.2) is 53.4 Å². The van der Waals surface area contributed by atoms with Gasteiger partial charge >= 0.3 is 0 Å². The zero-order valence-corrected chi connectivity index (χ0v) is 15.1. The monoisotopic (exact) mass is 348 g/mol. The van der Waals surface area contributed by atoms with Crippen molar-refractivity contribution in [3.05, 3.63) is 54.1 Å². The molecule has 24 heavy (non-hydrogen) atoms. The molecule has 1 aliphatic rings. The predicted octanol–water partition coefficient (Wildman–Crippen LogP) is 3.55. The van der Waals surface area contributed by atoms with Gasteiger partial charge < -0.3 is 9.80 Å². The molecule has 2 aromatic rings. The third kappa shape index (κ3) is 4.27. The normalized spacial score (nSPS) is 13.3. The van der Waals surface area contributed by atoms with E-state index in [1.165, 1.54) is 23.5 Å². The molecular weight excluding hydrogens is 324 g/mol. The van der Waals surface area contributed by atoms with Gasteiger partial charge in [0.1, 0.15) is 0 Å². The van der Waals surface area contributed by atoms with E-state index in [0.717, 1.165) is 25.3 Å². The average Bonchev–Trinajstić information content (AvgIpc) is 2.93. The van der Waals surface area contributed by atoms with Crippen molar-refractivity contribution < 1.29 is 13.0 Å². The Morgan fingerprint density at radius 1 is 0.917 bits per heavy atom. The second kappa shape index (κ2) is 7.68. The molecule has 3 rings (SSSR count). The summed E-state index contributed by atoms with van der Waals surface area (Å²) in [7, 11) is -4.02. The molecule has 2 aromatic carbocycles. The van der Waals surface area contributed by atoms with Crippen molar-refractivity contribution in [2.24, 2.45) is 0 Å². The van der Waals surface area contributed by atoms with Crippen LogP contribution in [0.3, 0.4) is 0 Å². The highest BCUT2D eigenvalue weighted by Gasteiger charge is 2.22. The molecule has 0 atom stereocenters. The fourth-order valence-corrected chi connectivity index (χ4v) is 3.09. The van der Waals surface area contributed by atoms with E-state index in [-0.39, 0.29) is 4.90 Å². The fraction of sp³-hybridized carbons (Fsp3) is 0.333. The molecule has 0 saturated carbocycles. The van der Waals surface area contributed by atoms with Gasteiger partial charge in [0.05, 0.1) is 22.9 Å². The fourth-order valence-electron chi connectivity index (χ4n) is 2.61. The summed E-state index contributed by atoms with van der Waals surface area (Å²) in [6, 6.07) is 14.6. The number of aryl methyl sites for hydroxylation is 1. The summed E-state index contributed by atoms with van der Waals surface area (Å²) in [6.07, 6.45) is 0. The van der Waals surface area contributed by atoms with Gasteiger partial charge in [-0.25, -0.2) is 0 Å². The molecule has 6 heteroatoms. The van der Waals surface area contributed by atoms with E-state index < -0.39 is 10.1 Å². The number of hydrogen-bond donors (Lipinski definition) is 1. The average molecular weight is 348 g/mol. The number of nitrogens with zero attached hydrogens (tertiary/aromatic N) is 2. The van der Waals surface area contributed by atoms with Crippen molar-refractivity contribution >= 4 is 21.5 Å². The van der Waals surface area contributed by atoms with Crippen molar-refractivity contribution in [3.63, 3.8) is 0 Å². The topological polar surface area (TPSA) is 60.9 Å². The van der Waals surface area contributed by atoms with Crippen LogP contribution in [-0.4, -0.2) is 32.7 Å². The number of para-hydroxylation sites is 2. The molecule has 130 valence electrons. The zero-order chi connectivity index (χ0) is 17.7. The van der Waals surface area contributed by atoms with Gasteiger partial charge in [0.2, 0.25) is 0 Å². The van der Waals surface area contributed by atoms with Crippen LogP contribution in [0.4, 0.5) is 11.4 Å². The summed E-state index contributed by atoms with van der Waals surface area (Å²) < 4.78 is 29.6. The zero-order valence-electron chi connectivity index (χ0n) is 14.3. The molecule has 5 nitrogen and oxygen atoms in total. The van der Waals surface area contributed by atoms with Crippen LogP contribution in [0.2, 0.25) is 0 Å². The van der Waals surface area contributed by atoms with E-state index in [1.54, 1.807) is 12.1 Å². The Balaban J connectivity index is 0.000000177. The summed E-state index contributed by atoms with van der Waals surface area (Å²) in [5.74, 6) is 0. The van der Waals surface area contributed by atoms with Crippen LogP contribution < -0.4 is 9.80 Å². The quantitative estimate of drug-likeness (QED) is 0.860. The summed E-state index contributed by atoms with van der Waals surface area (Å²) >= 11 is 0. The number of fused-ring (bicyclic) bond motifs is 1. The lowest BCUT2D eigenvalue weighted by Gasteiger charge is -2.18. The van der Waals surface area contributed by atoms with Crippen LogP contribution in [0.1, 0.15) is 19.4 Å². The first kappa shape index (κ1) is 18.3. The lowest BCUT2D eigenvalue weighted by Crippen LogP contribution is -2.30. The molecule has 1 aliphatic heterocycles. The first-order chi connectivity index (χ1) is 11.4. The Morgan fingerprint density at radius 3 is 1.75 bits per heavy atom. The van der Waals surface area contributed by atoms with Crippen molar-refractivity contribution in [1.82, 2.24) is 0 Å². The number of hydrogen-bond acceptors (Lipinski definition) is 4. The minimum absolute atomic E-state index is 0.0666. The molecule has 0 amide bonds. The van der Waals surface area contributed by atoms with Gasteiger partial charge in [-0.1, -0.05) is 29.8 Å². The maximum atomic E-state index is 10.5. The van der Waals surface area contributed by atoms with Crippen LogP contribution in [-0.2, 0) is 10.1 Å². The van der Waals surface area contributed by atoms with E-state index >= 15 is 0 Å². The first-order valence-corrected chi connectivity index (χ1v) is 9.44. The van der Waals surface area contributed by atoms with E-state index in [9.17, 15) is 8.42 Å². The second-order valence-corrected chi connectivity index (χ2v) is 7.05. The summed E-state index contributed by atoms with van der Waals surface area (Å²) in [4.78, 5) is 4.74. The number of benzene rings is 2. The lowest BCUT2D eigenvalue weighted by atomic mass is 10.2. The molecule has 0 unspecified atom stereocenters. The minimum atomic E-state index is -4.02. The second-order valence-electron chi connectivity index (χ2n) is 5.63. The van der Waals surface area contributed by atoms with E-state index in [2.05, 4.69) is 47.9 Å². The highest BCUT2D eigenvalue weighted by atomic mass is 32.2. The van der Waals surface area contributed by atoms with Gasteiger partial charge in [-0.3, -0.25) is 4.55 Å². The Kier molecular flexibility index (Phi) is 5.85. The Bertz CT molecular complexity index is 744. The Morgan fingerprint density at radius 2 is 1.38 bits per heavy atom. The van der Waals surface area contributed by atoms with Gasteiger partial charge in [0, 0.05) is 13.1 Å². The summed E-state index contributed by atoms with van der Waals surface area (Å²) in [5, 5.41) is 0. The van der Waals surface area contributed by atoms with Gasteiger partial charge in [-0.05, 0) is 45.0 Å². The smallest absolute Gasteiger partial charge is 0.294 e. The molecule has 1 N–H and O–H groups in total. The third-order valence-corrected chi connectivity index (χ3v) is 4.85. The summed E-state index contributed by atoms with van der Waals surface area (Å²) in [5.41, 5.74) is 3.72. The first-order valence-electron chi connectivity index (χ1n) is 8.00. The Labute approximate surface area is 144 Å². The maximum Gasteiger partial charge on any atom is 0.294 e. The molecule has 0 fully saturated rings. The van der Waals surface area contributed by atoms with Crippen LogP contribution >= 0.6 is 0 Å². The highest BCUT2D eigenvalue weighted by molar-refractivity contribution is 7.85. The molecule has 0 spiro atoms. The van der Waals surface area contributed by atoms with Gasteiger partial charge in [0.25, 0.3) is 10.1 Å². The molecular formula is C18H24N2O3S. The number of rotatable bonds is 3. The van der Waals surface area contributed by atoms with E-state index in [0.29, 0.717) is 0 Å². The minimum Gasteiger partial charge on any atom is -0.352 e. The van der Waals surface area contributed by atoms with Crippen LogP contribution in [0.5, 0.6) is 0 Å². The molecule has 1 heterocycles.